The zero-order valence-electron chi connectivity index (χ0n) is 11.2. The van der Waals surface area contributed by atoms with Crippen LogP contribution in [0.5, 0.6) is 5.75 Å². The number of ether oxygens (including phenoxy) is 2. The lowest BCUT2D eigenvalue weighted by atomic mass is 10.2. The highest BCUT2D eigenvalue weighted by molar-refractivity contribution is 5.90. The van der Waals surface area contributed by atoms with Gasteiger partial charge in [-0.2, -0.15) is 0 Å². The summed E-state index contributed by atoms with van der Waals surface area (Å²) in [7, 11) is 1.25. The summed E-state index contributed by atoms with van der Waals surface area (Å²) in [5.74, 6) is -1.70. The van der Waals surface area contributed by atoms with Gasteiger partial charge in [-0.25, -0.2) is 13.6 Å². The van der Waals surface area contributed by atoms with E-state index in [0.29, 0.717) is 0 Å². The number of carbonyl (C=O) groups is 1. The van der Waals surface area contributed by atoms with Gasteiger partial charge in [0.25, 0.3) is 0 Å². The number of hydrogen-bond donors (Lipinski definition) is 1. The summed E-state index contributed by atoms with van der Waals surface area (Å²) in [5.41, 5.74) is 5.99. The number of nitrogen functional groups attached to an aromatic ring is 1. The van der Waals surface area contributed by atoms with Crippen LogP contribution < -0.4 is 10.5 Å². The SMILES string of the molecule is COC(=O)c1ccc(OCc2c(F)cccc2F)c(N)c1. The second kappa shape index (κ2) is 6.21. The van der Waals surface area contributed by atoms with Gasteiger partial charge in [0.1, 0.15) is 24.0 Å². The molecule has 0 amide bonds. The summed E-state index contributed by atoms with van der Waals surface area (Å²) in [6.45, 7) is -0.305. The Morgan fingerprint density at radius 1 is 1.19 bits per heavy atom. The summed E-state index contributed by atoms with van der Waals surface area (Å²) in [6, 6.07) is 7.83. The van der Waals surface area contributed by atoms with Gasteiger partial charge in [-0.3, -0.25) is 0 Å². The number of hydrogen-bond acceptors (Lipinski definition) is 4. The molecule has 0 aliphatic carbocycles. The van der Waals surface area contributed by atoms with Crippen molar-refractivity contribution in [2.45, 2.75) is 6.61 Å². The molecule has 2 aromatic carbocycles. The van der Waals surface area contributed by atoms with E-state index in [0.717, 1.165) is 12.1 Å². The van der Waals surface area contributed by atoms with Crippen molar-refractivity contribution in [3.8, 4) is 5.75 Å². The molecule has 0 radical (unpaired) electrons. The Kier molecular flexibility index (Phi) is 4.37. The van der Waals surface area contributed by atoms with Crippen molar-refractivity contribution in [3.63, 3.8) is 0 Å². The third-order valence-electron chi connectivity index (χ3n) is 2.86. The average Bonchev–Trinajstić information content (AvgIpc) is 2.47. The first-order chi connectivity index (χ1) is 10.0. The Balaban J connectivity index is 2.16. The van der Waals surface area contributed by atoms with Gasteiger partial charge in [-0.1, -0.05) is 6.07 Å². The van der Waals surface area contributed by atoms with Crippen LogP contribution in [0.2, 0.25) is 0 Å². The molecule has 0 saturated carbocycles. The molecule has 2 N–H and O–H groups in total. The van der Waals surface area contributed by atoms with E-state index in [1.165, 1.54) is 31.4 Å². The van der Waals surface area contributed by atoms with E-state index in [2.05, 4.69) is 4.74 Å². The maximum atomic E-state index is 13.5. The Morgan fingerprint density at radius 3 is 2.43 bits per heavy atom. The summed E-state index contributed by atoms with van der Waals surface area (Å²) in [6.07, 6.45) is 0. The molecule has 2 rings (SSSR count). The fraction of sp³-hybridized carbons (Fsp3) is 0.133. The minimum atomic E-state index is -0.695. The standard InChI is InChI=1S/C15H13F2NO3/c1-20-15(19)9-5-6-14(13(18)7-9)21-8-10-11(16)3-2-4-12(10)17/h2-7H,8,18H2,1H3. The molecule has 0 fully saturated rings. The lowest BCUT2D eigenvalue weighted by Crippen LogP contribution is -2.05. The van der Waals surface area contributed by atoms with Crippen molar-refractivity contribution >= 4 is 11.7 Å². The first kappa shape index (κ1) is 14.8. The minimum absolute atomic E-state index is 0.176. The highest BCUT2D eigenvalue weighted by atomic mass is 19.1. The minimum Gasteiger partial charge on any atom is -0.487 e. The molecule has 110 valence electrons. The molecule has 6 heteroatoms. The van der Waals surface area contributed by atoms with Gasteiger partial charge in [-0.15, -0.1) is 0 Å². The Hall–Kier alpha value is -2.63. The highest BCUT2D eigenvalue weighted by Gasteiger charge is 2.12. The number of esters is 1. The topological polar surface area (TPSA) is 61.5 Å². The number of nitrogens with two attached hydrogens (primary N) is 1. The molecule has 0 aliphatic rings. The van der Waals surface area contributed by atoms with Crippen molar-refractivity contribution in [1.82, 2.24) is 0 Å². The van der Waals surface area contributed by atoms with Crippen LogP contribution in [0.15, 0.2) is 36.4 Å². The van der Waals surface area contributed by atoms with Crippen LogP contribution in [0.1, 0.15) is 15.9 Å². The van der Waals surface area contributed by atoms with Crippen LogP contribution in [-0.2, 0) is 11.3 Å². The van der Waals surface area contributed by atoms with Gasteiger partial charge < -0.3 is 15.2 Å². The first-order valence-electron chi connectivity index (χ1n) is 6.06. The Morgan fingerprint density at radius 2 is 1.86 bits per heavy atom. The predicted molar refractivity (Wildman–Crippen MR) is 72.9 cm³/mol. The van der Waals surface area contributed by atoms with E-state index in [1.807, 2.05) is 0 Å². The quantitative estimate of drug-likeness (QED) is 0.695. The molecule has 0 unspecified atom stereocenters. The summed E-state index contributed by atoms with van der Waals surface area (Å²) in [4.78, 5) is 11.3. The Labute approximate surface area is 120 Å². The van der Waals surface area contributed by atoms with Crippen molar-refractivity contribution in [2.24, 2.45) is 0 Å². The van der Waals surface area contributed by atoms with E-state index in [4.69, 9.17) is 10.5 Å². The van der Waals surface area contributed by atoms with E-state index in [9.17, 15) is 13.6 Å². The maximum absolute atomic E-state index is 13.5. The highest BCUT2D eigenvalue weighted by Crippen LogP contribution is 2.25. The first-order valence-corrected chi connectivity index (χ1v) is 6.06. The molecule has 21 heavy (non-hydrogen) atoms. The molecule has 0 spiro atoms. The summed E-state index contributed by atoms with van der Waals surface area (Å²) < 4.78 is 36.8. The number of methoxy groups -OCH3 is 1. The van der Waals surface area contributed by atoms with Crippen LogP contribution in [0, 0.1) is 11.6 Å². The Bertz CT molecular complexity index is 654. The molecule has 4 nitrogen and oxygen atoms in total. The second-order valence-electron chi connectivity index (χ2n) is 4.23. The summed E-state index contributed by atoms with van der Waals surface area (Å²) in [5, 5.41) is 0. The second-order valence-corrected chi connectivity index (χ2v) is 4.23. The third kappa shape index (κ3) is 3.28. The van der Waals surface area contributed by atoms with Crippen LogP contribution in [0.4, 0.5) is 14.5 Å². The lowest BCUT2D eigenvalue weighted by molar-refractivity contribution is 0.0600. The van der Waals surface area contributed by atoms with Crippen LogP contribution in [0.25, 0.3) is 0 Å². The van der Waals surface area contributed by atoms with Crippen LogP contribution >= 0.6 is 0 Å². The van der Waals surface area contributed by atoms with Gasteiger partial charge in [0.15, 0.2) is 0 Å². The number of anilines is 1. The third-order valence-corrected chi connectivity index (χ3v) is 2.86. The predicted octanol–water partition coefficient (Wildman–Crippen LogP) is 2.91. The molecule has 0 atom stereocenters. The monoisotopic (exact) mass is 293 g/mol. The lowest BCUT2D eigenvalue weighted by Gasteiger charge is -2.11. The van der Waals surface area contributed by atoms with E-state index in [-0.39, 0.29) is 29.2 Å². The van der Waals surface area contributed by atoms with Gasteiger partial charge in [0.2, 0.25) is 0 Å². The van der Waals surface area contributed by atoms with Gasteiger partial charge in [0.05, 0.1) is 23.9 Å². The van der Waals surface area contributed by atoms with Crippen LogP contribution in [-0.4, -0.2) is 13.1 Å². The normalized spacial score (nSPS) is 10.2. The van der Waals surface area contributed by atoms with Crippen molar-refractivity contribution in [2.75, 3.05) is 12.8 Å². The number of carbonyl (C=O) groups excluding carboxylic acids is 1. The molecule has 2 aromatic rings. The smallest absolute Gasteiger partial charge is 0.337 e. The average molecular weight is 293 g/mol. The molecule has 0 heterocycles. The van der Waals surface area contributed by atoms with Crippen LogP contribution in [0.3, 0.4) is 0 Å². The van der Waals surface area contributed by atoms with Crippen molar-refractivity contribution in [1.29, 1.82) is 0 Å². The van der Waals surface area contributed by atoms with Gasteiger partial charge in [-0.05, 0) is 30.3 Å². The fourth-order valence-electron chi connectivity index (χ4n) is 1.74. The molecular weight excluding hydrogens is 280 g/mol. The van der Waals surface area contributed by atoms with E-state index < -0.39 is 17.6 Å². The number of halogens is 2. The molecular formula is C15H13F2NO3. The zero-order valence-corrected chi connectivity index (χ0v) is 11.2. The molecule has 0 aliphatic heterocycles. The maximum Gasteiger partial charge on any atom is 0.337 e. The summed E-state index contributed by atoms with van der Waals surface area (Å²) >= 11 is 0. The van der Waals surface area contributed by atoms with Crippen molar-refractivity contribution in [3.05, 3.63) is 59.2 Å². The zero-order chi connectivity index (χ0) is 15.4. The van der Waals surface area contributed by atoms with E-state index in [1.54, 1.807) is 0 Å². The number of benzene rings is 2. The van der Waals surface area contributed by atoms with Crippen molar-refractivity contribution < 1.29 is 23.0 Å². The van der Waals surface area contributed by atoms with E-state index >= 15 is 0 Å². The molecule has 0 bridgehead atoms. The number of rotatable bonds is 4. The molecule has 0 saturated heterocycles. The largest absolute Gasteiger partial charge is 0.487 e. The molecule has 0 aromatic heterocycles. The fourth-order valence-corrected chi connectivity index (χ4v) is 1.74. The van der Waals surface area contributed by atoms with Gasteiger partial charge in [0, 0.05) is 0 Å². The van der Waals surface area contributed by atoms with Gasteiger partial charge >= 0.3 is 5.97 Å².